The predicted octanol–water partition coefficient (Wildman–Crippen LogP) is 1.24. The minimum absolute atomic E-state index is 0.165. The number of esters is 1. The van der Waals surface area contributed by atoms with Gasteiger partial charge in [0.05, 0.1) is 25.2 Å². The monoisotopic (exact) mass is 284 g/mol. The maximum Gasteiger partial charge on any atom is 0.410 e. The van der Waals surface area contributed by atoms with Crippen LogP contribution in [-0.4, -0.2) is 65.8 Å². The number of rotatable bonds is 3. The molecule has 0 saturated carbocycles. The number of fused-ring (bicyclic) bond motifs is 2. The van der Waals surface area contributed by atoms with Crippen molar-refractivity contribution in [3.05, 3.63) is 0 Å². The average molecular weight is 284 g/mol. The number of carbonyl (C=O) groups excluding carboxylic acids is 2. The van der Waals surface area contributed by atoms with Crippen LogP contribution in [0.15, 0.2) is 0 Å². The van der Waals surface area contributed by atoms with Crippen molar-refractivity contribution in [2.45, 2.75) is 51.8 Å². The van der Waals surface area contributed by atoms with E-state index < -0.39 is 5.60 Å². The number of hydrogen-bond donors (Lipinski definition) is 0. The van der Waals surface area contributed by atoms with Gasteiger partial charge in [-0.3, -0.25) is 14.6 Å². The maximum absolute atomic E-state index is 12.1. The minimum Gasteiger partial charge on any atom is -0.465 e. The van der Waals surface area contributed by atoms with Gasteiger partial charge >= 0.3 is 12.1 Å². The molecule has 0 spiro atoms. The third-order valence-electron chi connectivity index (χ3n) is 3.53. The second-order valence-corrected chi connectivity index (χ2v) is 6.43. The molecule has 2 bridgehead atoms. The van der Waals surface area contributed by atoms with Gasteiger partial charge in [-0.05, 0) is 34.1 Å². The summed E-state index contributed by atoms with van der Waals surface area (Å²) in [6.45, 7) is 9.56. The van der Waals surface area contributed by atoms with Gasteiger partial charge in [0.1, 0.15) is 5.60 Å². The zero-order chi connectivity index (χ0) is 14.9. The minimum atomic E-state index is -0.467. The summed E-state index contributed by atoms with van der Waals surface area (Å²) in [5, 5.41) is 0. The van der Waals surface area contributed by atoms with Crippen LogP contribution in [0.1, 0.15) is 34.1 Å². The second-order valence-electron chi connectivity index (χ2n) is 6.43. The first kappa shape index (κ1) is 15.1. The lowest BCUT2D eigenvalue weighted by molar-refractivity contribution is -0.147. The van der Waals surface area contributed by atoms with Gasteiger partial charge in [0.25, 0.3) is 0 Å². The van der Waals surface area contributed by atoms with Crippen molar-refractivity contribution in [2.75, 3.05) is 26.2 Å². The van der Waals surface area contributed by atoms with Crippen LogP contribution in [0.2, 0.25) is 0 Å². The number of hydrogen-bond acceptors (Lipinski definition) is 5. The van der Waals surface area contributed by atoms with Crippen LogP contribution >= 0.6 is 0 Å². The van der Waals surface area contributed by atoms with E-state index in [4.69, 9.17) is 9.47 Å². The smallest absolute Gasteiger partial charge is 0.410 e. The summed E-state index contributed by atoms with van der Waals surface area (Å²) in [5.74, 6) is -0.197. The quantitative estimate of drug-likeness (QED) is 0.730. The Hall–Kier alpha value is -1.30. The SMILES string of the molecule is CCOC(=O)CN1CC2CC(C1)N2C(=O)OC(C)(C)C. The van der Waals surface area contributed by atoms with Crippen LogP contribution in [0.4, 0.5) is 4.79 Å². The molecule has 3 rings (SSSR count). The van der Waals surface area contributed by atoms with Crippen molar-refractivity contribution in [3.8, 4) is 0 Å². The number of ether oxygens (including phenoxy) is 2. The van der Waals surface area contributed by atoms with Gasteiger partial charge in [-0.25, -0.2) is 4.79 Å². The number of piperidine rings is 1. The number of amides is 1. The van der Waals surface area contributed by atoms with E-state index in [-0.39, 0.29) is 24.1 Å². The van der Waals surface area contributed by atoms with Crippen molar-refractivity contribution in [1.29, 1.82) is 0 Å². The Kier molecular flexibility index (Phi) is 4.22. The standard InChI is InChI=1S/C14H24N2O4/c1-5-19-12(17)9-15-7-10-6-11(8-15)16(10)13(18)20-14(2,3)4/h10-11H,5-9H2,1-4H3. The molecule has 3 saturated heterocycles. The fraction of sp³-hybridized carbons (Fsp3) is 0.857. The van der Waals surface area contributed by atoms with E-state index in [9.17, 15) is 9.59 Å². The lowest BCUT2D eigenvalue weighted by atomic mass is 9.88. The zero-order valence-electron chi connectivity index (χ0n) is 12.7. The normalized spacial score (nSPS) is 25.9. The van der Waals surface area contributed by atoms with E-state index in [0.717, 1.165) is 6.42 Å². The molecule has 0 aromatic heterocycles. The Bertz CT molecular complexity index is 379. The molecule has 0 aromatic rings. The summed E-state index contributed by atoms with van der Waals surface area (Å²) >= 11 is 0. The molecule has 0 aliphatic carbocycles. The topological polar surface area (TPSA) is 59.1 Å². The van der Waals surface area contributed by atoms with Crippen LogP contribution in [0.5, 0.6) is 0 Å². The van der Waals surface area contributed by atoms with Crippen molar-refractivity contribution < 1.29 is 19.1 Å². The number of nitrogens with zero attached hydrogens (tertiary/aromatic N) is 2. The van der Waals surface area contributed by atoms with Gasteiger partial charge in [0.15, 0.2) is 0 Å². The summed E-state index contributed by atoms with van der Waals surface area (Å²) in [6, 6.07) is 0.330. The Morgan fingerprint density at radius 1 is 1.20 bits per heavy atom. The highest BCUT2D eigenvalue weighted by atomic mass is 16.6. The predicted molar refractivity (Wildman–Crippen MR) is 73.3 cm³/mol. The molecule has 6 heteroatoms. The van der Waals surface area contributed by atoms with Gasteiger partial charge in [0, 0.05) is 13.1 Å². The molecular formula is C14H24N2O4. The first-order chi connectivity index (χ1) is 9.30. The van der Waals surface area contributed by atoms with Crippen molar-refractivity contribution in [2.24, 2.45) is 0 Å². The van der Waals surface area contributed by atoms with Gasteiger partial charge in [-0.2, -0.15) is 0 Å². The van der Waals surface area contributed by atoms with Crippen molar-refractivity contribution >= 4 is 12.1 Å². The average Bonchev–Trinajstić information content (AvgIpc) is 2.25. The molecule has 1 amide bonds. The van der Waals surface area contributed by atoms with Crippen molar-refractivity contribution in [3.63, 3.8) is 0 Å². The molecule has 2 atom stereocenters. The van der Waals surface area contributed by atoms with Gasteiger partial charge in [0.2, 0.25) is 0 Å². The Morgan fingerprint density at radius 2 is 1.80 bits per heavy atom. The van der Waals surface area contributed by atoms with Crippen LogP contribution in [0.25, 0.3) is 0 Å². The summed E-state index contributed by atoms with van der Waals surface area (Å²) < 4.78 is 10.4. The Labute approximate surface area is 120 Å². The third kappa shape index (κ3) is 3.42. The van der Waals surface area contributed by atoms with E-state index in [1.165, 1.54) is 0 Å². The Balaban J connectivity index is 1.83. The first-order valence-corrected chi connectivity index (χ1v) is 7.19. The molecule has 0 radical (unpaired) electrons. The van der Waals surface area contributed by atoms with E-state index in [1.807, 2.05) is 25.7 Å². The van der Waals surface area contributed by atoms with Gasteiger partial charge < -0.3 is 9.47 Å². The molecular weight excluding hydrogens is 260 g/mol. The van der Waals surface area contributed by atoms with Crippen LogP contribution in [-0.2, 0) is 14.3 Å². The van der Waals surface area contributed by atoms with E-state index in [2.05, 4.69) is 4.90 Å². The second kappa shape index (κ2) is 5.60. The lowest BCUT2D eigenvalue weighted by Gasteiger charge is -2.55. The molecule has 3 aliphatic rings. The molecule has 3 heterocycles. The highest BCUT2D eigenvalue weighted by molar-refractivity contribution is 5.72. The van der Waals surface area contributed by atoms with Crippen LogP contribution in [0, 0.1) is 0 Å². The van der Waals surface area contributed by atoms with Gasteiger partial charge in [-0.15, -0.1) is 0 Å². The molecule has 20 heavy (non-hydrogen) atoms. The number of carbonyl (C=O) groups is 2. The fourth-order valence-electron chi connectivity index (χ4n) is 2.83. The third-order valence-corrected chi connectivity index (χ3v) is 3.53. The summed E-state index contributed by atoms with van der Waals surface area (Å²) in [7, 11) is 0. The van der Waals surface area contributed by atoms with Gasteiger partial charge in [-0.1, -0.05) is 0 Å². The molecule has 114 valence electrons. The molecule has 6 nitrogen and oxygen atoms in total. The Morgan fingerprint density at radius 3 is 2.30 bits per heavy atom. The molecule has 2 unspecified atom stereocenters. The molecule has 0 aromatic carbocycles. The highest BCUT2D eigenvalue weighted by Crippen LogP contribution is 2.33. The summed E-state index contributed by atoms with van der Waals surface area (Å²) in [4.78, 5) is 27.4. The molecule has 3 fully saturated rings. The lowest BCUT2D eigenvalue weighted by Crippen LogP contribution is -2.70. The first-order valence-electron chi connectivity index (χ1n) is 7.19. The highest BCUT2D eigenvalue weighted by Gasteiger charge is 2.48. The van der Waals surface area contributed by atoms with E-state index in [1.54, 1.807) is 6.92 Å². The molecule has 0 N–H and O–H groups in total. The number of piperazine rings is 1. The van der Waals surface area contributed by atoms with Crippen molar-refractivity contribution in [1.82, 2.24) is 9.80 Å². The molecule has 3 aliphatic heterocycles. The van der Waals surface area contributed by atoms with E-state index >= 15 is 0 Å². The summed E-state index contributed by atoms with van der Waals surface area (Å²) in [6.07, 6.45) is 0.757. The largest absolute Gasteiger partial charge is 0.465 e. The fourth-order valence-corrected chi connectivity index (χ4v) is 2.83. The summed E-state index contributed by atoms with van der Waals surface area (Å²) in [5.41, 5.74) is -0.467. The van der Waals surface area contributed by atoms with E-state index in [0.29, 0.717) is 26.2 Å². The van der Waals surface area contributed by atoms with Crippen LogP contribution in [0.3, 0.4) is 0 Å². The van der Waals surface area contributed by atoms with Crippen LogP contribution < -0.4 is 0 Å². The maximum atomic E-state index is 12.1. The zero-order valence-corrected chi connectivity index (χ0v) is 12.7.